The first-order chi connectivity index (χ1) is 9.54. The van der Waals surface area contributed by atoms with Crippen molar-refractivity contribution in [1.29, 1.82) is 0 Å². The topological polar surface area (TPSA) is 21.3 Å². The molecule has 106 valence electrons. The van der Waals surface area contributed by atoms with Gasteiger partial charge in [0.15, 0.2) is 0 Å². The summed E-state index contributed by atoms with van der Waals surface area (Å²) in [5, 5.41) is 4.19. The smallest absolute Gasteiger partial charge is 0.120 e. The fourth-order valence-electron chi connectivity index (χ4n) is 2.02. The number of halogens is 1. The Kier molecular flexibility index (Phi) is 4.91. The first kappa shape index (κ1) is 14.7. The number of hydrogen-bond donors (Lipinski definition) is 1. The third kappa shape index (κ3) is 4.17. The van der Waals surface area contributed by atoms with E-state index in [-0.39, 0.29) is 6.10 Å². The highest BCUT2D eigenvalue weighted by Crippen LogP contribution is 2.23. The Morgan fingerprint density at radius 3 is 2.60 bits per heavy atom. The van der Waals surface area contributed by atoms with Crippen molar-refractivity contribution in [3.63, 3.8) is 0 Å². The van der Waals surface area contributed by atoms with Gasteiger partial charge in [-0.05, 0) is 62.2 Å². The van der Waals surface area contributed by atoms with Crippen LogP contribution in [-0.4, -0.2) is 6.10 Å². The lowest BCUT2D eigenvalue weighted by Gasteiger charge is -2.14. The lowest BCUT2D eigenvalue weighted by atomic mass is 10.1. The Labute approximate surface area is 125 Å². The Bertz CT molecular complexity index is 581. The molecule has 0 heterocycles. The number of nitrogens with one attached hydrogen (secondary N) is 1. The minimum atomic E-state index is 0.194. The van der Waals surface area contributed by atoms with Crippen molar-refractivity contribution in [1.82, 2.24) is 0 Å². The Morgan fingerprint density at radius 1 is 1.15 bits per heavy atom. The van der Waals surface area contributed by atoms with Gasteiger partial charge in [-0.3, -0.25) is 0 Å². The van der Waals surface area contributed by atoms with Gasteiger partial charge < -0.3 is 10.1 Å². The van der Waals surface area contributed by atoms with Crippen LogP contribution >= 0.6 is 11.6 Å². The van der Waals surface area contributed by atoms with Crippen LogP contribution in [0.15, 0.2) is 42.5 Å². The van der Waals surface area contributed by atoms with E-state index < -0.39 is 0 Å². The molecule has 0 aliphatic carbocycles. The molecule has 0 aromatic heterocycles. The minimum Gasteiger partial charge on any atom is -0.491 e. The summed E-state index contributed by atoms with van der Waals surface area (Å²) in [5.74, 6) is 0.908. The van der Waals surface area contributed by atoms with Crippen LogP contribution in [0.2, 0.25) is 5.02 Å². The number of anilines is 1. The largest absolute Gasteiger partial charge is 0.491 e. The second kappa shape index (κ2) is 6.67. The predicted molar refractivity (Wildman–Crippen MR) is 85.7 cm³/mol. The van der Waals surface area contributed by atoms with E-state index in [1.54, 1.807) is 0 Å². The van der Waals surface area contributed by atoms with Crippen LogP contribution in [0.4, 0.5) is 5.69 Å². The lowest BCUT2D eigenvalue weighted by molar-refractivity contribution is 0.242. The van der Waals surface area contributed by atoms with Crippen LogP contribution in [0.1, 0.15) is 25.0 Å². The van der Waals surface area contributed by atoms with Crippen LogP contribution in [0, 0.1) is 6.92 Å². The van der Waals surface area contributed by atoms with Crippen molar-refractivity contribution in [3.8, 4) is 5.75 Å². The number of aryl methyl sites for hydroxylation is 1. The lowest BCUT2D eigenvalue weighted by Crippen LogP contribution is -2.06. The van der Waals surface area contributed by atoms with Gasteiger partial charge in [0.05, 0.1) is 6.10 Å². The number of hydrogen-bond acceptors (Lipinski definition) is 2. The zero-order valence-corrected chi connectivity index (χ0v) is 12.9. The molecule has 1 N–H and O–H groups in total. The van der Waals surface area contributed by atoms with Crippen LogP contribution < -0.4 is 10.1 Å². The van der Waals surface area contributed by atoms with E-state index in [9.17, 15) is 0 Å². The maximum Gasteiger partial charge on any atom is 0.120 e. The molecular weight excluding hydrogens is 270 g/mol. The standard InChI is InChI=1S/C17H20ClNO/c1-12(2)20-16-7-8-17(13(3)9-16)19-11-14-5-4-6-15(18)10-14/h4-10,12,19H,11H2,1-3H3. The summed E-state index contributed by atoms with van der Waals surface area (Å²) in [5.41, 5.74) is 3.45. The average molecular weight is 290 g/mol. The van der Waals surface area contributed by atoms with E-state index in [1.807, 2.05) is 38.1 Å². The van der Waals surface area contributed by atoms with Gasteiger partial charge in [0, 0.05) is 17.3 Å². The molecule has 20 heavy (non-hydrogen) atoms. The third-order valence-electron chi connectivity index (χ3n) is 2.94. The summed E-state index contributed by atoms with van der Waals surface area (Å²) in [6.45, 7) is 6.89. The summed E-state index contributed by atoms with van der Waals surface area (Å²) in [6, 6.07) is 14.0. The molecule has 2 rings (SSSR count). The Morgan fingerprint density at radius 2 is 1.95 bits per heavy atom. The van der Waals surface area contributed by atoms with Crippen LogP contribution in [-0.2, 0) is 6.54 Å². The number of benzene rings is 2. The van der Waals surface area contributed by atoms with Crippen LogP contribution in [0.3, 0.4) is 0 Å². The number of ether oxygens (including phenoxy) is 1. The molecule has 2 aromatic carbocycles. The van der Waals surface area contributed by atoms with Gasteiger partial charge in [-0.25, -0.2) is 0 Å². The molecule has 0 bridgehead atoms. The molecule has 2 nitrogen and oxygen atoms in total. The Balaban J connectivity index is 2.03. The fourth-order valence-corrected chi connectivity index (χ4v) is 2.24. The zero-order chi connectivity index (χ0) is 14.5. The molecule has 0 aliphatic heterocycles. The second-order valence-corrected chi connectivity index (χ2v) is 5.56. The van der Waals surface area contributed by atoms with E-state index >= 15 is 0 Å². The van der Waals surface area contributed by atoms with Crippen molar-refractivity contribution < 1.29 is 4.74 Å². The van der Waals surface area contributed by atoms with E-state index in [0.717, 1.165) is 23.0 Å². The monoisotopic (exact) mass is 289 g/mol. The van der Waals surface area contributed by atoms with Crippen LogP contribution in [0.5, 0.6) is 5.75 Å². The quantitative estimate of drug-likeness (QED) is 0.832. The van der Waals surface area contributed by atoms with E-state index in [0.29, 0.717) is 0 Å². The molecule has 2 aromatic rings. The van der Waals surface area contributed by atoms with Crippen molar-refractivity contribution >= 4 is 17.3 Å². The molecule has 0 aliphatic rings. The molecule has 0 fully saturated rings. The maximum atomic E-state index is 5.98. The van der Waals surface area contributed by atoms with Crippen molar-refractivity contribution in [2.45, 2.75) is 33.4 Å². The van der Waals surface area contributed by atoms with Gasteiger partial charge in [-0.2, -0.15) is 0 Å². The van der Waals surface area contributed by atoms with Gasteiger partial charge in [-0.15, -0.1) is 0 Å². The second-order valence-electron chi connectivity index (χ2n) is 5.13. The third-order valence-corrected chi connectivity index (χ3v) is 3.18. The van der Waals surface area contributed by atoms with Crippen LogP contribution in [0.25, 0.3) is 0 Å². The molecule has 0 unspecified atom stereocenters. The molecule has 0 saturated carbocycles. The fraction of sp³-hybridized carbons (Fsp3) is 0.294. The van der Waals surface area contributed by atoms with Crippen molar-refractivity contribution in [2.75, 3.05) is 5.32 Å². The predicted octanol–water partition coefficient (Wildman–Crippen LogP) is 5.05. The number of rotatable bonds is 5. The first-order valence-corrected chi connectivity index (χ1v) is 7.18. The van der Waals surface area contributed by atoms with Gasteiger partial charge in [0.2, 0.25) is 0 Å². The average Bonchev–Trinajstić information content (AvgIpc) is 2.37. The molecule has 0 saturated heterocycles. The van der Waals surface area contributed by atoms with Crippen molar-refractivity contribution in [3.05, 3.63) is 58.6 Å². The molecule has 0 atom stereocenters. The van der Waals surface area contributed by atoms with Gasteiger partial charge >= 0.3 is 0 Å². The highest BCUT2D eigenvalue weighted by molar-refractivity contribution is 6.30. The summed E-state index contributed by atoms with van der Waals surface area (Å²) in [7, 11) is 0. The molecule has 0 amide bonds. The highest BCUT2D eigenvalue weighted by atomic mass is 35.5. The van der Waals surface area contributed by atoms with Gasteiger partial charge in [0.25, 0.3) is 0 Å². The summed E-state index contributed by atoms with van der Waals surface area (Å²) >= 11 is 5.98. The van der Waals surface area contributed by atoms with E-state index in [1.165, 1.54) is 11.1 Å². The minimum absolute atomic E-state index is 0.194. The highest BCUT2D eigenvalue weighted by Gasteiger charge is 2.03. The molecule has 3 heteroatoms. The summed E-state index contributed by atoms with van der Waals surface area (Å²) < 4.78 is 5.68. The SMILES string of the molecule is Cc1cc(OC(C)C)ccc1NCc1cccc(Cl)c1. The molecule has 0 spiro atoms. The van der Waals surface area contributed by atoms with Crippen molar-refractivity contribution in [2.24, 2.45) is 0 Å². The summed E-state index contributed by atoms with van der Waals surface area (Å²) in [4.78, 5) is 0. The van der Waals surface area contributed by atoms with Gasteiger partial charge in [-0.1, -0.05) is 23.7 Å². The van der Waals surface area contributed by atoms with Gasteiger partial charge in [0.1, 0.15) is 5.75 Å². The maximum absolute atomic E-state index is 5.98. The molecule has 0 radical (unpaired) electrons. The first-order valence-electron chi connectivity index (χ1n) is 6.80. The van der Waals surface area contributed by atoms with E-state index in [2.05, 4.69) is 30.4 Å². The van der Waals surface area contributed by atoms with E-state index in [4.69, 9.17) is 16.3 Å². The normalized spacial score (nSPS) is 10.7. The molecular formula is C17H20ClNO. The Hall–Kier alpha value is -1.67. The zero-order valence-electron chi connectivity index (χ0n) is 12.1. The summed E-state index contributed by atoms with van der Waals surface area (Å²) in [6.07, 6.45) is 0.194.